The molecule has 0 aliphatic carbocycles. The van der Waals surface area contributed by atoms with Gasteiger partial charge in [-0.2, -0.15) is 0 Å². The molecule has 136 valence electrons. The summed E-state index contributed by atoms with van der Waals surface area (Å²) in [6.45, 7) is 1.19. The maximum atomic E-state index is 12.6. The summed E-state index contributed by atoms with van der Waals surface area (Å²) in [7, 11) is 1.62. The van der Waals surface area contributed by atoms with Crippen molar-refractivity contribution < 1.29 is 14.3 Å². The second kappa shape index (κ2) is 8.52. The molecule has 26 heavy (non-hydrogen) atoms. The molecular weight excluding hydrogens is 328 g/mol. The summed E-state index contributed by atoms with van der Waals surface area (Å²) in [5, 5.41) is 2.94. The average molecular weight is 352 g/mol. The predicted octanol–water partition coefficient (Wildman–Crippen LogP) is 3.12. The highest BCUT2D eigenvalue weighted by Crippen LogP contribution is 2.20. The summed E-state index contributed by atoms with van der Waals surface area (Å²) in [6, 6.07) is 16.9. The maximum absolute atomic E-state index is 12.6. The number of carbonyl (C=O) groups excluding carboxylic acids is 2. The first-order valence-electron chi connectivity index (χ1n) is 8.92. The number of likely N-dealkylation sites (tertiary alicyclic amines) is 1. The van der Waals surface area contributed by atoms with Gasteiger partial charge in [-0.25, -0.2) is 0 Å². The lowest BCUT2D eigenvalue weighted by Gasteiger charge is -2.32. The summed E-state index contributed by atoms with van der Waals surface area (Å²) in [6.07, 6.45) is 2.00. The highest BCUT2D eigenvalue weighted by molar-refractivity contribution is 5.93. The fourth-order valence-corrected chi connectivity index (χ4v) is 3.21. The number of benzene rings is 2. The van der Waals surface area contributed by atoms with Gasteiger partial charge in [0.05, 0.1) is 19.4 Å². The molecule has 0 bridgehead atoms. The van der Waals surface area contributed by atoms with E-state index in [1.807, 2.05) is 59.5 Å². The van der Waals surface area contributed by atoms with Crippen LogP contribution in [-0.4, -0.2) is 36.9 Å². The second-order valence-electron chi connectivity index (χ2n) is 6.56. The van der Waals surface area contributed by atoms with Gasteiger partial charge >= 0.3 is 0 Å². The van der Waals surface area contributed by atoms with Gasteiger partial charge in [-0.05, 0) is 42.7 Å². The topological polar surface area (TPSA) is 58.6 Å². The summed E-state index contributed by atoms with van der Waals surface area (Å²) >= 11 is 0. The molecular formula is C21H24N2O3. The monoisotopic (exact) mass is 352 g/mol. The molecule has 1 aliphatic heterocycles. The third kappa shape index (κ3) is 4.63. The van der Waals surface area contributed by atoms with E-state index in [4.69, 9.17) is 4.74 Å². The molecule has 5 heteroatoms. The van der Waals surface area contributed by atoms with Crippen molar-refractivity contribution in [1.82, 2.24) is 4.90 Å². The second-order valence-corrected chi connectivity index (χ2v) is 6.56. The minimum absolute atomic E-state index is 0.0156. The zero-order chi connectivity index (χ0) is 18.4. The van der Waals surface area contributed by atoms with E-state index in [2.05, 4.69) is 5.32 Å². The molecule has 2 aromatic carbocycles. The number of nitrogens with zero attached hydrogens (tertiary/aromatic N) is 1. The zero-order valence-corrected chi connectivity index (χ0v) is 15.0. The van der Waals surface area contributed by atoms with E-state index in [1.165, 1.54) is 0 Å². The van der Waals surface area contributed by atoms with Gasteiger partial charge in [-0.1, -0.05) is 30.3 Å². The minimum Gasteiger partial charge on any atom is -0.497 e. The van der Waals surface area contributed by atoms with E-state index in [1.54, 1.807) is 7.11 Å². The molecule has 1 fully saturated rings. The van der Waals surface area contributed by atoms with Gasteiger partial charge in [0.25, 0.3) is 0 Å². The molecule has 1 heterocycles. The Bertz CT molecular complexity index is 744. The Balaban J connectivity index is 1.56. The number of anilines is 1. The number of para-hydroxylation sites is 1. The summed E-state index contributed by atoms with van der Waals surface area (Å²) in [5.74, 6) is 0.658. The number of amides is 2. The van der Waals surface area contributed by atoms with E-state index >= 15 is 0 Å². The molecule has 0 spiro atoms. The first-order chi connectivity index (χ1) is 12.7. The molecule has 1 N–H and O–H groups in total. The number of hydrogen-bond donors (Lipinski definition) is 1. The first-order valence-corrected chi connectivity index (χ1v) is 8.92. The minimum atomic E-state index is -0.163. The van der Waals surface area contributed by atoms with Crippen LogP contribution in [0, 0.1) is 5.92 Å². The largest absolute Gasteiger partial charge is 0.497 e. The van der Waals surface area contributed by atoms with Crippen LogP contribution in [0.1, 0.15) is 18.4 Å². The fourth-order valence-electron chi connectivity index (χ4n) is 3.21. The van der Waals surface area contributed by atoms with Crippen molar-refractivity contribution in [3.05, 3.63) is 60.2 Å². The van der Waals surface area contributed by atoms with Crippen molar-refractivity contribution in [2.24, 2.45) is 5.92 Å². The molecule has 2 aromatic rings. The van der Waals surface area contributed by atoms with E-state index in [9.17, 15) is 9.59 Å². The van der Waals surface area contributed by atoms with Crippen LogP contribution < -0.4 is 10.1 Å². The van der Waals surface area contributed by atoms with Gasteiger partial charge in [0.2, 0.25) is 11.8 Å². The van der Waals surface area contributed by atoms with Gasteiger partial charge in [-0.15, -0.1) is 0 Å². The molecule has 2 amide bonds. The Labute approximate surface area is 154 Å². The molecule has 0 saturated carbocycles. The third-order valence-electron chi connectivity index (χ3n) is 4.70. The Morgan fingerprint density at radius 2 is 1.85 bits per heavy atom. The molecule has 3 rings (SSSR count). The van der Waals surface area contributed by atoms with E-state index in [-0.39, 0.29) is 17.7 Å². The molecule has 1 atom stereocenters. The molecule has 0 radical (unpaired) electrons. The number of rotatable bonds is 5. The van der Waals surface area contributed by atoms with Gasteiger partial charge in [0, 0.05) is 18.8 Å². The third-order valence-corrected chi connectivity index (χ3v) is 4.70. The van der Waals surface area contributed by atoms with E-state index in [0.29, 0.717) is 19.5 Å². The van der Waals surface area contributed by atoms with Gasteiger partial charge < -0.3 is 15.0 Å². The normalized spacial score (nSPS) is 16.8. The van der Waals surface area contributed by atoms with Gasteiger partial charge in [0.15, 0.2) is 0 Å². The maximum Gasteiger partial charge on any atom is 0.229 e. The Morgan fingerprint density at radius 1 is 1.12 bits per heavy atom. The summed E-state index contributed by atoms with van der Waals surface area (Å²) < 4.78 is 5.14. The molecule has 0 aromatic heterocycles. The fraction of sp³-hybridized carbons (Fsp3) is 0.333. The zero-order valence-electron chi connectivity index (χ0n) is 15.0. The van der Waals surface area contributed by atoms with Crippen molar-refractivity contribution in [3.8, 4) is 5.75 Å². The molecule has 1 saturated heterocycles. The van der Waals surface area contributed by atoms with Crippen LogP contribution in [0.25, 0.3) is 0 Å². The first kappa shape index (κ1) is 18.0. The van der Waals surface area contributed by atoms with Crippen LogP contribution in [0.2, 0.25) is 0 Å². The van der Waals surface area contributed by atoms with Crippen LogP contribution >= 0.6 is 0 Å². The lowest BCUT2D eigenvalue weighted by molar-refractivity contribution is -0.133. The van der Waals surface area contributed by atoms with Gasteiger partial charge in [-0.3, -0.25) is 9.59 Å². The lowest BCUT2D eigenvalue weighted by atomic mass is 9.96. The number of methoxy groups -OCH3 is 1. The van der Waals surface area contributed by atoms with Crippen LogP contribution in [0.5, 0.6) is 5.75 Å². The van der Waals surface area contributed by atoms with E-state index < -0.39 is 0 Å². The SMILES string of the molecule is COc1ccc(CC(=O)N2CCCC(C(=O)Nc3ccccc3)C2)cc1. The number of ether oxygens (including phenoxy) is 1. The molecule has 1 unspecified atom stereocenters. The Morgan fingerprint density at radius 3 is 2.54 bits per heavy atom. The predicted molar refractivity (Wildman–Crippen MR) is 101 cm³/mol. The number of nitrogens with one attached hydrogen (secondary N) is 1. The average Bonchev–Trinajstić information content (AvgIpc) is 2.69. The van der Waals surface area contributed by atoms with Crippen molar-refractivity contribution >= 4 is 17.5 Å². The van der Waals surface area contributed by atoms with Crippen molar-refractivity contribution in [1.29, 1.82) is 0 Å². The van der Waals surface area contributed by atoms with Crippen LogP contribution in [0.3, 0.4) is 0 Å². The molecule has 1 aliphatic rings. The standard InChI is InChI=1S/C21H24N2O3/c1-26-19-11-9-16(10-12-19)14-20(24)23-13-5-6-17(15-23)21(25)22-18-7-3-2-4-8-18/h2-4,7-12,17H,5-6,13-15H2,1H3,(H,22,25). The number of hydrogen-bond acceptors (Lipinski definition) is 3. The molecule has 5 nitrogen and oxygen atoms in total. The Hall–Kier alpha value is -2.82. The quantitative estimate of drug-likeness (QED) is 0.899. The van der Waals surface area contributed by atoms with Crippen molar-refractivity contribution in [2.75, 3.05) is 25.5 Å². The smallest absolute Gasteiger partial charge is 0.229 e. The number of piperidine rings is 1. The van der Waals surface area contributed by atoms with Crippen molar-refractivity contribution in [3.63, 3.8) is 0 Å². The van der Waals surface area contributed by atoms with Crippen LogP contribution in [0.15, 0.2) is 54.6 Å². The Kier molecular flexibility index (Phi) is 5.89. The highest BCUT2D eigenvalue weighted by Gasteiger charge is 2.28. The van der Waals surface area contributed by atoms with E-state index in [0.717, 1.165) is 29.8 Å². The van der Waals surface area contributed by atoms with Crippen LogP contribution in [-0.2, 0) is 16.0 Å². The highest BCUT2D eigenvalue weighted by atomic mass is 16.5. The van der Waals surface area contributed by atoms with Crippen molar-refractivity contribution in [2.45, 2.75) is 19.3 Å². The summed E-state index contributed by atoms with van der Waals surface area (Å²) in [5.41, 5.74) is 1.74. The number of carbonyl (C=O) groups is 2. The van der Waals surface area contributed by atoms with Crippen LogP contribution in [0.4, 0.5) is 5.69 Å². The summed E-state index contributed by atoms with van der Waals surface area (Å²) in [4.78, 5) is 26.9. The van der Waals surface area contributed by atoms with Gasteiger partial charge in [0.1, 0.15) is 5.75 Å². The lowest BCUT2D eigenvalue weighted by Crippen LogP contribution is -2.44.